The number of imidazole rings is 1. The lowest BCUT2D eigenvalue weighted by Gasteiger charge is -2.26. The molecule has 0 bridgehead atoms. The number of fused-ring (bicyclic) bond motifs is 1. The molecule has 0 atom stereocenters. The molecule has 4 rings (SSSR count). The normalized spacial score (nSPS) is 20.2. The van der Waals surface area contributed by atoms with Crippen LogP contribution in [0.15, 0.2) is 28.3 Å². The molecule has 1 aliphatic heterocycles. The molecule has 0 unspecified atom stereocenters. The van der Waals surface area contributed by atoms with Crippen molar-refractivity contribution in [1.29, 1.82) is 0 Å². The number of benzene rings is 1. The summed E-state index contributed by atoms with van der Waals surface area (Å²) in [4.78, 5) is 5.11. The Kier molecular flexibility index (Phi) is 5.27. The van der Waals surface area contributed by atoms with E-state index >= 15 is 0 Å². The molecule has 2 fully saturated rings. The molecule has 1 aliphatic carbocycles. The van der Waals surface area contributed by atoms with E-state index in [1.807, 2.05) is 17.8 Å². The van der Waals surface area contributed by atoms with Crippen LogP contribution < -0.4 is 0 Å². The van der Waals surface area contributed by atoms with Gasteiger partial charge in [-0.25, -0.2) is 13.4 Å². The largest absolute Gasteiger partial charge is 0.379 e. The number of aromatic nitrogens is 2. The van der Waals surface area contributed by atoms with Crippen molar-refractivity contribution in [2.24, 2.45) is 0 Å². The Morgan fingerprint density at radius 3 is 2.65 bits per heavy atom. The molecule has 0 N–H and O–H groups in total. The summed E-state index contributed by atoms with van der Waals surface area (Å²) >= 11 is 1.85. The maximum absolute atomic E-state index is 12.9. The SMILES string of the molecule is CCn1c(SC2CCCC2)nc2cc(S(=O)(=O)N3CCOCC3)ccc21. The minimum Gasteiger partial charge on any atom is -0.379 e. The highest BCUT2D eigenvalue weighted by Crippen LogP contribution is 2.36. The van der Waals surface area contributed by atoms with Crippen molar-refractivity contribution >= 4 is 32.8 Å². The minimum absolute atomic E-state index is 0.324. The molecule has 6 nitrogen and oxygen atoms in total. The summed E-state index contributed by atoms with van der Waals surface area (Å²) in [5.74, 6) is 0. The zero-order valence-electron chi connectivity index (χ0n) is 15.1. The number of thioether (sulfide) groups is 1. The number of hydrogen-bond donors (Lipinski definition) is 0. The lowest BCUT2D eigenvalue weighted by atomic mass is 10.3. The molecule has 0 radical (unpaired) electrons. The lowest BCUT2D eigenvalue weighted by Crippen LogP contribution is -2.40. The quantitative estimate of drug-likeness (QED) is 0.778. The van der Waals surface area contributed by atoms with Gasteiger partial charge in [0.25, 0.3) is 0 Å². The Bertz CT molecular complexity index is 882. The molecular weight excluding hydrogens is 370 g/mol. The maximum atomic E-state index is 12.9. The van der Waals surface area contributed by atoms with Crippen LogP contribution in [0.5, 0.6) is 0 Å². The zero-order valence-corrected chi connectivity index (χ0v) is 16.7. The molecule has 1 saturated heterocycles. The van der Waals surface area contributed by atoms with Crippen LogP contribution in [-0.2, 0) is 21.3 Å². The van der Waals surface area contributed by atoms with E-state index in [0.29, 0.717) is 36.4 Å². The van der Waals surface area contributed by atoms with Crippen LogP contribution in [-0.4, -0.2) is 53.8 Å². The predicted molar refractivity (Wildman–Crippen MR) is 103 cm³/mol. The molecule has 1 aromatic carbocycles. The maximum Gasteiger partial charge on any atom is 0.243 e. The van der Waals surface area contributed by atoms with Gasteiger partial charge in [-0.05, 0) is 38.0 Å². The Labute approximate surface area is 159 Å². The number of rotatable bonds is 5. The van der Waals surface area contributed by atoms with E-state index in [1.165, 1.54) is 30.0 Å². The molecule has 0 amide bonds. The second-order valence-corrected chi connectivity index (χ2v) is 10.0. The smallest absolute Gasteiger partial charge is 0.243 e. The van der Waals surface area contributed by atoms with Gasteiger partial charge in [0, 0.05) is 24.9 Å². The van der Waals surface area contributed by atoms with E-state index in [-0.39, 0.29) is 0 Å². The fraction of sp³-hybridized carbons (Fsp3) is 0.611. The summed E-state index contributed by atoms with van der Waals surface area (Å²) < 4.78 is 34.8. The predicted octanol–water partition coefficient (Wildman–Crippen LogP) is 3.11. The second kappa shape index (κ2) is 7.50. The van der Waals surface area contributed by atoms with Gasteiger partial charge in [-0.2, -0.15) is 4.31 Å². The van der Waals surface area contributed by atoms with Crippen LogP contribution >= 0.6 is 11.8 Å². The van der Waals surface area contributed by atoms with E-state index in [0.717, 1.165) is 22.7 Å². The fourth-order valence-electron chi connectivity index (χ4n) is 3.73. The first-order valence-electron chi connectivity index (χ1n) is 9.34. The molecule has 0 spiro atoms. The molecule has 2 aliphatic rings. The van der Waals surface area contributed by atoms with E-state index < -0.39 is 10.0 Å². The molecule has 26 heavy (non-hydrogen) atoms. The third kappa shape index (κ3) is 3.40. The van der Waals surface area contributed by atoms with E-state index in [2.05, 4.69) is 11.5 Å². The summed E-state index contributed by atoms with van der Waals surface area (Å²) in [6.45, 7) is 4.67. The summed E-state index contributed by atoms with van der Waals surface area (Å²) in [6, 6.07) is 5.34. The van der Waals surface area contributed by atoms with Gasteiger partial charge in [-0.3, -0.25) is 0 Å². The first-order valence-corrected chi connectivity index (χ1v) is 11.7. The topological polar surface area (TPSA) is 64.4 Å². The first kappa shape index (κ1) is 18.3. The third-order valence-electron chi connectivity index (χ3n) is 5.18. The van der Waals surface area contributed by atoms with Crippen LogP contribution in [0.4, 0.5) is 0 Å². The average Bonchev–Trinajstić information content (AvgIpc) is 3.29. The van der Waals surface area contributed by atoms with Crippen LogP contribution in [0.25, 0.3) is 11.0 Å². The van der Waals surface area contributed by atoms with Gasteiger partial charge in [0.05, 0.1) is 29.1 Å². The summed E-state index contributed by atoms with van der Waals surface area (Å²) in [6.07, 6.45) is 5.08. The van der Waals surface area contributed by atoms with Crippen LogP contribution in [0.1, 0.15) is 32.6 Å². The minimum atomic E-state index is -3.49. The first-order chi connectivity index (χ1) is 12.6. The molecule has 8 heteroatoms. The van der Waals surface area contributed by atoms with Gasteiger partial charge in [0.2, 0.25) is 10.0 Å². The van der Waals surface area contributed by atoms with Gasteiger partial charge in [0.1, 0.15) is 0 Å². The van der Waals surface area contributed by atoms with Crippen LogP contribution in [0.3, 0.4) is 0 Å². The van der Waals surface area contributed by atoms with Crippen molar-refractivity contribution in [3.63, 3.8) is 0 Å². The second-order valence-electron chi connectivity index (χ2n) is 6.83. The van der Waals surface area contributed by atoms with Gasteiger partial charge in [0.15, 0.2) is 5.16 Å². The zero-order chi connectivity index (χ0) is 18.1. The highest BCUT2D eigenvalue weighted by atomic mass is 32.2. The van der Waals surface area contributed by atoms with Crippen molar-refractivity contribution in [3.05, 3.63) is 18.2 Å². The van der Waals surface area contributed by atoms with Crippen molar-refractivity contribution in [2.75, 3.05) is 26.3 Å². The van der Waals surface area contributed by atoms with Crippen molar-refractivity contribution in [3.8, 4) is 0 Å². The van der Waals surface area contributed by atoms with E-state index in [9.17, 15) is 8.42 Å². The molecule has 1 saturated carbocycles. The Balaban J connectivity index is 1.68. The molecule has 2 aromatic rings. The fourth-order valence-corrected chi connectivity index (χ4v) is 6.54. The summed E-state index contributed by atoms with van der Waals surface area (Å²) in [5, 5.41) is 1.64. The standard InChI is InChI=1S/C18H25N3O3S2/c1-2-21-17-8-7-15(26(22,23)20-9-11-24-12-10-20)13-16(17)19-18(21)25-14-5-3-4-6-14/h7-8,13-14H,2-6,9-12H2,1H3. The van der Waals surface area contributed by atoms with Crippen LogP contribution in [0.2, 0.25) is 0 Å². The highest BCUT2D eigenvalue weighted by molar-refractivity contribution is 7.99. The molecule has 1 aromatic heterocycles. The molecule has 142 valence electrons. The number of aryl methyl sites for hydroxylation is 1. The van der Waals surface area contributed by atoms with E-state index in [1.54, 1.807) is 12.1 Å². The Hall–Kier alpha value is -1.09. The van der Waals surface area contributed by atoms with Gasteiger partial charge >= 0.3 is 0 Å². The van der Waals surface area contributed by atoms with Gasteiger partial charge in [-0.15, -0.1) is 0 Å². The summed E-state index contributed by atoms with van der Waals surface area (Å²) in [7, 11) is -3.49. The number of sulfonamides is 1. The number of morpholine rings is 1. The van der Waals surface area contributed by atoms with Crippen LogP contribution in [0, 0.1) is 0 Å². The van der Waals surface area contributed by atoms with Crippen molar-refractivity contribution < 1.29 is 13.2 Å². The number of nitrogens with zero attached hydrogens (tertiary/aromatic N) is 3. The third-order valence-corrected chi connectivity index (χ3v) is 8.40. The molecular formula is C18H25N3O3S2. The van der Waals surface area contributed by atoms with Crippen molar-refractivity contribution in [1.82, 2.24) is 13.9 Å². The van der Waals surface area contributed by atoms with E-state index in [4.69, 9.17) is 9.72 Å². The monoisotopic (exact) mass is 395 g/mol. The molecule has 2 heterocycles. The van der Waals surface area contributed by atoms with Gasteiger partial charge < -0.3 is 9.30 Å². The number of ether oxygens (including phenoxy) is 1. The van der Waals surface area contributed by atoms with Gasteiger partial charge in [-0.1, -0.05) is 24.6 Å². The lowest BCUT2D eigenvalue weighted by molar-refractivity contribution is 0.0730. The van der Waals surface area contributed by atoms with Crippen molar-refractivity contribution in [2.45, 2.75) is 54.5 Å². The average molecular weight is 396 g/mol. The highest BCUT2D eigenvalue weighted by Gasteiger charge is 2.27. The Morgan fingerprint density at radius 1 is 1.23 bits per heavy atom. The Morgan fingerprint density at radius 2 is 1.96 bits per heavy atom. The number of hydrogen-bond acceptors (Lipinski definition) is 5. The summed E-state index contributed by atoms with van der Waals surface area (Å²) in [5.41, 5.74) is 1.77.